The first-order valence-corrected chi connectivity index (χ1v) is 6.38. The van der Waals surface area contributed by atoms with Crippen molar-refractivity contribution in [3.63, 3.8) is 0 Å². The maximum atomic E-state index is 7.55. The maximum absolute atomic E-state index is 7.55. The first kappa shape index (κ1) is 14.2. The standard InChI is InChI=1S/C15H15ClN2O2/c1-19-11-7-5-10(6-8-11)9-20-13-4-2-3-12(16)14(13)15(17)18/h2-8H,9H2,1H3,(H3,17,18). The van der Waals surface area contributed by atoms with Gasteiger partial charge in [-0.2, -0.15) is 0 Å². The Morgan fingerprint density at radius 2 is 1.90 bits per heavy atom. The van der Waals surface area contributed by atoms with Crippen molar-refractivity contribution in [3.05, 3.63) is 58.6 Å². The third-order valence-electron chi connectivity index (χ3n) is 2.80. The monoisotopic (exact) mass is 290 g/mol. The minimum Gasteiger partial charge on any atom is -0.497 e. The van der Waals surface area contributed by atoms with Crippen molar-refractivity contribution in [1.29, 1.82) is 5.41 Å². The van der Waals surface area contributed by atoms with Crippen LogP contribution in [-0.4, -0.2) is 12.9 Å². The summed E-state index contributed by atoms with van der Waals surface area (Å²) in [6, 6.07) is 12.7. The second-order valence-corrected chi connectivity index (χ2v) is 4.57. The largest absolute Gasteiger partial charge is 0.497 e. The van der Waals surface area contributed by atoms with E-state index in [4.69, 9.17) is 32.2 Å². The van der Waals surface area contributed by atoms with Crippen LogP contribution in [-0.2, 0) is 6.61 Å². The quantitative estimate of drug-likeness (QED) is 0.656. The normalized spacial score (nSPS) is 10.1. The van der Waals surface area contributed by atoms with Crippen LogP contribution in [0.4, 0.5) is 0 Å². The van der Waals surface area contributed by atoms with Crippen molar-refractivity contribution in [1.82, 2.24) is 0 Å². The van der Waals surface area contributed by atoms with E-state index in [1.165, 1.54) is 0 Å². The van der Waals surface area contributed by atoms with Gasteiger partial charge in [0, 0.05) is 0 Å². The molecule has 4 nitrogen and oxygen atoms in total. The van der Waals surface area contributed by atoms with E-state index < -0.39 is 0 Å². The molecule has 5 heteroatoms. The van der Waals surface area contributed by atoms with Crippen LogP contribution in [0.3, 0.4) is 0 Å². The molecule has 0 aliphatic rings. The molecule has 0 fully saturated rings. The molecule has 2 rings (SSSR count). The fraction of sp³-hybridized carbons (Fsp3) is 0.133. The Bertz CT molecular complexity index is 612. The van der Waals surface area contributed by atoms with E-state index in [2.05, 4.69) is 0 Å². The summed E-state index contributed by atoms with van der Waals surface area (Å²) in [6.45, 7) is 0.366. The zero-order valence-electron chi connectivity index (χ0n) is 11.0. The molecule has 2 aromatic rings. The zero-order chi connectivity index (χ0) is 14.5. The van der Waals surface area contributed by atoms with Gasteiger partial charge in [0.1, 0.15) is 23.9 Å². The van der Waals surface area contributed by atoms with E-state index in [1.807, 2.05) is 24.3 Å². The molecule has 0 saturated carbocycles. The summed E-state index contributed by atoms with van der Waals surface area (Å²) >= 11 is 6.03. The molecule has 0 saturated heterocycles. The highest BCUT2D eigenvalue weighted by molar-refractivity contribution is 6.34. The summed E-state index contributed by atoms with van der Waals surface area (Å²) in [5, 5.41) is 7.96. The summed E-state index contributed by atoms with van der Waals surface area (Å²) in [5.41, 5.74) is 6.93. The molecule has 0 aromatic heterocycles. The molecule has 0 amide bonds. The van der Waals surface area contributed by atoms with Gasteiger partial charge in [0.25, 0.3) is 0 Å². The number of nitrogens with two attached hydrogens (primary N) is 1. The Hall–Kier alpha value is -2.20. The van der Waals surface area contributed by atoms with E-state index >= 15 is 0 Å². The van der Waals surface area contributed by atoms with Crippen LogP contribution in [0, 0.1) is 5.41 Å². The lowest BCUT2D eigenvalue weighted by Crippen LogP contribution is -2.13. The highest BCUT2D eigenvalue weighted by Gasteiger charge is 2.11. The number of methoxy groups -OCH3 is 1. The average Bonchev–Trinajstić information content (AvgIpc) is 2.45. The second-order valence-electron chi connectivity index (χ2n) is 4.16. The smallest absolute Gasteiger partial charge is 0.132 e. The van der Waals surface area contributed by atoms with Crippen molar-refractivity contribution in [2.24, 2.45) is 5.73 Å². The fourth-order valence-corrected chi connectivity index (χ4v) is 2.04. The maximum Gasteiger partial charge on any atom is 0.132 e. The predicted molar refractivity (Wildman–Crippen MR) is 79.8 cm³/mol. The molecular formula is C15H15ClN2O2. The zero-order valence-corrected chi connectivity index (χ0v) is 11.8. The molecule has 0 bridgehead atoms. The summed E-state index contributed by atoms with van der Waals surface area (Å²) < 4.78 is 10.8. The average molecular weight is 291 g/mol. The number of ether oxygens (including phenoxy) is 2. The molecule has 3 N–H and O–H groups in total. The first-order valence-electron chi connectivity index (χ1n) is 6.00. The number of nitrogens with one attached hydrogen (secondary N) is 1. The SMILES string of the molecule is COc1ccc(COc2cccc(Cl)c2C(=N)N)cc1. The summed E-state index contributed by atoms with van der Waals surface area (Å²) in [5.74, 6) is 1.18. The van der Waals surface area contributed by atoms with Gasteiger partial charge in [0.15, 0.2) is 0 Å². The first-order chi connectivity index (χ1) is 9.61. The van der Waals surface area contributed by atoms with Crippen molar-refractivity contribution in [2.45, 2.75) is 6.61 Å². The van der Waals surface area contributed by atoms with Crippen LogP contribution in [0.5, 0.6) is 11.5 Å². The molecule has 0 aliphatic carbocycles. The van der Waals surface area contributed by atoms with Gasteiger partial charge >= 0.3 is 0 Å². The highest BCUT2D eigenvalue weighted by Crippen LogP contribution is 2.26. The third-order valence-corrected chi connectivity index (χ3v) is 3.11. The van der Waals surface area contributed by atoms with Crippen LogP contribution in [0.2, 0.25) is 5.02 Å². The van der Waals surface area contributed by atoms with E-state index in [0.29, 0.717) is 22.9 Å². The molecule has 0 radical (unpaired) electrons. The van der Waals surface area contributed by atoms with Gasteiger partial charge in [0.05, 0.1) is 17.7 Å². The fourth-order valence-electron chi connectivity index (χ4n) is 1.77. The predicted octanol–water partition coefficient (Wildman–Crippen LogP) is 3.21. The Balaban J connectivity index is 2.14. The Morgan fingerprint density at radius 3 is 2.50 bits per heavy atom. The van der Waals surface area contributed by atoms with Crippen LogP contribution in [0.15, 0.2) is 42.5 Å². The lowest BCUT2D eigenvalue weighted by molar-refractivity contribution is 0.305. The van der Waals surface area contributed by atoms with Crippen LogP contribution in [0.1, 0.15) is 11.1 Å². The molecule has 0 atom stereocenters. The van der Waals surface area contributed by atoms with Gasteiger partial charge in [-0.3, -0.25) is 5.41 Å². The van der Waals surface area contributed by atoms with Crippen molar-refractivity contribution >= 4 is 17.4 Å². The van der Waals surface area contributed by atoms with Gasteiger partial charge < -0.3 is 15.2 Å². The number of halogens is 1. The van der Waals surface area contributed by atoms with Gasteiger partial charge in [-0.1, -0.05) is 29.8 Å². The van der Waals surface area contributed by atoms with Crippen molar-refractivity contribution in [2.75, 3.05) is 7.11 Å². The Labute approximate surface area is 122 Å². The van der Waals surface area contributed by atoms with E-state index in [9.17, 15) is 0 Å². The highest BCUT2D eigenvalue weighted by atomic mass is 35.5. The number of rotatable bonds is 5. The molecule has 0 aliphatic heterocycles. The van der Waals surface area contributed by atoms with E-state index in [0.717, 1.165) is 11.3 Å². The molecule has 20 heavy (non-hydrogen) atoms. The van der Waals surface area contributed by atoms with Crippen LogP contribution < -0.4 is 15.2 Å². The van der Waals surface area contributed by atoms with Crippen LogP contribution in [0.25, 0.3) is 0 Å². The molecule has 2 aromatic carbocycles. The van der Waals surface area contributed by atoms with Crippen molar-refractivity contribution < 1.29 is 9.47 Å². The second kappa shape index (κ2) is 6.30. The molecule has 104 valence electrons. The van der Waals surface area contributed by atoms with Gasteiger partial charge in [-0.05, 0) is 29.8 Å². The molecule has 0 spiro atoms. The number of amidine groups is 1. The summed E-state index contributed by atoms with van der Waals surface area (Å²) in [7, 11) is 1.62. The van der Waals surface area contributed by atoms with E-state index in [-0.39, 0.29) is 5.84 Å². The van der Waals surface area contributed by atoms with Crippen LogP contribution >= 0.6 is 11.6 Å². The van der Waals surface area contributed by atoms with Crippen molar-refractivity contribution in [3.8, 4) is 11.5 Å². The van der Waals surface area contributed by atoms with Gasteiger partial charge in [-0.25, -0.2) is 0 Å². The number of nitrogen functional groups attached to an aromatic ring is 1. The minimum atomic E-state index is -0.111. The lowest BCUT2D eigenvalue weighted by Gasteiger charge is -2.12. The Kier molecular flexibility index (Phi) is 4.48. The molecule has 0 heterocycles. The molecular weight excluding hydrogens is 276 g/mol. The number of benzene rings is 2. The number of hydrogen-bond donors (Lipinski definition) is 2. The minimum absolute atomic E-state index is 0.111. The van der Waals surface area contributed by atoms with E-state index in [1.54, 1.807) is 25.3 Å². The topological polar surface area (TPSA) is 68.3 Å². The number of hydrogen-bond acceptors (Lipinski definition) is 3. The third kappa shape index (κ3) is 3.22. The summed E-state index contributed by atoms with van der Waals surface area (Å²) in [4.78, 5) is 0. The summed E-state index contributed by atoms with van der Waals surface area (Å²) in [6.07, 6.45) is 0. The van der Waals surface area contributed by atoms with Gasteiger partial charge in [-0.15, -0.1) is 0 Å². The lowest BCUT2D eigenvalue weighted by atomic mass is 10.2. The molecule has 0 unspecified atom stereocenters. The Morgan fingerprint density at radius 1 is 1.20 bits per heavy atom. The van der Waals surface area contributed by atoms with Gasteiger partial charge in [0.2, 0.25) is 0 Å².